The number of hydrogen-bond donors (Lipinski definition) is 2. The van der Waals surface area contributed by atoms with Gasteiger partial charge in [0.1, 0.15) is 5.54 Å². The van der Waals surface area contributed by atoms with Gasteiger partial charge in [0.15, 0.2) is 0 Å². The van der Waals surface area contributed by atoms with Crippen LogP contribution in [0.4, 0.5) is 31.0 Å². The number of nitrogens with zero attached hydrogens (tertiary/aromatic N) is 4. The number of anilines is 3. The summed E-state index contributed by atoms with van der Waals surface area (Å²) >= 11 is 0. The minimum atomic E-state index is -4.31. The molecule has 0 aromatic carbocycles. The Labute approximate surface area is 121 Å². The molecule has 1 aromatic heterocycles. The molecule has 21 heavy (non-hydrogen) atoms. The summed E-state index contributed by atoms with van der Waals surface area (Å²) in [5.41, 5.74) is -1.89. The van der Waals surface area contributed by atoms with E-state index in [1.54, 1.807) is 7.05 Å². The number of rotatable bonds is 6. The highest BCUT2D eigenvalue weighted by Crippen LogP contribution is 2.50. The molecule has 0 unspecified atom stereocenters. The maximum absolute atomic E-state index is 13.0. The van der Waals surface area contributed by atoms with Crippen molar-refractivity contribution < 1.29 is 13.2 Å². The van der Waals surface area contributed by atoms with Crippen LogP contribution in [0.15, 0.2) is 0 Å². The molecule has 1 fully saturated rings. The molecule has 1 aliphatic rings. The third-order valence-electron chi connectivity index (χ3n) is 3.54. The maximum Gasteiger partial charge on any atom is 0.411 e. The zero-order valence-corrected chi connectivity index (χ0v) is 12.3. The van der Waals surface area contributed by atoms with E-state index in [1.807, 2.05) is 18.7 Å². The smallest absolute Gasteiger partial charge is 0.357 e. The topological polar surface area (TPSA) is 66.0 Å². The fourth-order valence-corrected chi connectivity index (χ4v) is 2.00. The monoisotopic (exact) mass is 304 g/mol. The molecule has 1 aliphatic carbocycles. The van der Waals surface area contributed by atoms with Gasteiger partial charge in [-0.05, 0) is 26.7 Å². The molecule has 1 saturated carbocycles. The summed E-state index contributed by atoms with van der Waals surface area (Å²) in [4.78, 5) is 14.1. The van der Waals surface area contributed by atoms with Crippen molar-refractivity contribution in [3.05, 3.63) is 0 Å². The van der Waals surface area contributed by atoms with Gasteiger partial charge in [0.2, 0.25) is 17.8 Å². The third-order valence-corrected chi connectivity index (χ3v) is 3.54. The first-order valence-corrected chi connectivity index (χ1v) is 6.89. The van der Waals surface area contributed by atoms with E-state index in [0.29, 0.717) is 19.0 Å². The van der Waals surface area contributed by atoms with Crippen LogP contribution in [0.25, 0.3) is 0 Å². The molecule has 118 valence electrons. The number of halogens is 3. The van der Waals surface area contributed by atoms with Crippen molar-refractivity contribution in [3.8, 4) is 0 Å². The lowest BCUT2D eigenvalue weighted by atomic mass is 10.3. The summed E-state index contributed by atoms with van der Waals surface area (Å²) in [7, 11) is 1.61. The van der Waals surface area contributed by atoms with Crippen LogP contribution in [-0.2, 0) is 0 Å². The van der Waals surface area contributed by atoms with Gasteiger partial charge in [0.05, 0.1) is 0 Å². The average molecular weight is 304 g/mol. The fraction of sp³-hybridized carbons (Fsp3) is 0.750. The fourth-order valence-electron chi connectivity index (χ4n) is 2.00. The molecule has 0 saturated heterocycles. The molecule has 6 nitrogen and oxygen atoms in total. The van der Waals surface area contributed by atoms with Crippen molar-refractivity contribution in [3.63, 3.8) is 0 Å². The number of alkyl halides is 3. The van der Waals surface area contributed by atoms with Gasteiger partial charge in [-0.2, -0.15) is 28.1 Å². The van der Waals surface area contributed by atoms with Crippen molar-refractivity contribution >= 4 is 17.8 Å². The molecular weight excluding hydrogens is 285 g/mol. The van der Waals surface area contributed by atoms with Gasteiger partial charge >= 0.3 is 6.18 Å². The van der Waals surface area contributed by atoms with Crippen LogP contribution < -0.4 is 15.5 Å². The van der Waals surface area contributed by atoms with Gasteiger partial charge in [-0.3, -0.25) is 0 Å². The highest BCUT2D eigenvalue weighted by molar-refractivity contribution is 5.46. The van der Waals surface area contributed by atoms with E-state index < -0.39 is 11.7 Å². The zero-order valence-electron chi connectivity index (χ0n) is 12.3. The van der Waals surface area contributed by atoms with Crippen LogP contribution >= 0.6 is 0 Å². The SMILES string of the molecule is CCN(CC)c1nc(NC)nc(NC2(C(F)(F)F)CC2)n1. The minimum Gasteiger partial charge on any atom is -0.357 e. The summed E-state index contributed by atoms with van der Waals surface area (Å²) in [6.45, 7) is 5.18. The lowest BCUT2D eigenvalue weighted by Crippen LogP contribution is -2.39. The van der Waals surface area contributed by atoms with Gasteiger partial charge < -0.3 is 15.5 Å². The van der Waals surface area contributed by atoms with E-state index >= 15 is 0 Å². The summed E-state index contributed by atoms with van der Waals surface area (Å²) in [5, 5.41) is 5.18. The van der Waals surface area contributed by atoms with E-state index in [-0.39, 0.29) is 24.7 Å². The maximum atomic E-state index is 13.0. The molecule has 2 N–H and O–H groups in total. The average Bonchev–Trinajstić information content (AvgIpc) is 3.20. The molecule has 0 aliphatic heterocycles. The normalized spacial score (nSPS) is 16.5. The number of hydrogen-bond acceptors (Lipinski definition) is 6. The lowest BCUT2D eigenvalue weighted by molar-refractivity contribution is -0.151. The summed E-state index contributed by atoms with van der Waals surface area (Å²) < 4.78 is 39.0. The van der Waals surface area contributed by atoms with Crippen molar-refractivity contribution in [1.82, 2.24) is 15.0 Å². The second-order valence-electron chi connectivity index (χ2n) is 4.91. The first-order valence-electron chi connectivity index (χ1n) is 6.89. The second-order valence-corrected chi connectivity index (χ2v) is 4.91. The Bertz CT molecular complexity index is 496. The molecule has 2 rings (SSSR count). The van der Waals surface area contributed by atoms with Crippen molar-refractivity contribution in [1.29, 1.82) is 0 Å². The first kappa shape index (κ1) is 15.6. The van der Waals surface area contributed by atoms with E-state index in [1.165, 1.54) is 0 Å². The highest BCUT2D eigenvalue weighted by atomic mass is 19.4. The number of nitrogens with one attached hydrogen (secondary N) is 2. The van der Waals surface area contributed by atoms with Crippen LogP contribution in [0, 0.1) is 0 Å². The van der Waals surface area contributed by atoms with Gasteiger partial charge in [-0.1, -0.05) is 0 Å². The second kappa shape index (κ2) is 5.53. The zero-order chi connectivity index (χ0) is 15.7. The van der Waals surface area contributed by atoms with Crippen LogP contribution in [0.5, 0.6) is 0 Å². The van der Waals surface area contributed by atoms with E-state index in [2.05, 4.69) is 25.6 Å². The summed E-state index contributed by atoms with van der Waals surface area (Å²) in [6, 6.07) is 0. The van der Waals surface area contributed by atoms with E-state index in [4.69, 9.17) is 0 Å². The van der Waals surface area contributed by atoms with Crippen LogP contribution in [0.1, 0.15) is 26.7 Å². The number of aromatic nitrogens is 3. The Balaban J connectivity index is 2.29. The summed E-state index contributed by atoms with van der Waals surface area (Å²) in [5.74, 6) is 0.554. The Kier molecular flexibility index (Phi) is 4.11. The molecule has 0 amide bonds. The molecule has 0 atom stereocenters. The summed E-state index contributed by atoms with van der Waals surface area (Å²) in [6.07, 6.45) is -4.23. The van der Waals surface area contributed by atoms with Gasteiger partial charge in [-0.25, -0.2) is 0 Å². The minimum absolute atomic E-state index is 0.0394. The van der Waals surface area contributed by atoms with Gasteiger partial charge in [0, 0.05) is 20.1 Å². The molecule has 0 bridgehead atoms. The third kappa shape index (κ3) is 3.11. The first-order chi connectivity index (χ1) is 9.85. The van der Waals surface area contributed by atoms with Gasteiger partial charge in [0.25, 0.3) is 0 Å². The predicted octanol–water partition coefficient (Wildman–Crippen LogP) is 2.27. The molecule has 0 spiro atoms. The van der Waals surface area contributed by atoms with Crippen molar-refractivity contribution in [2.24, 2.45) is 0 Å². The van der Waals surface area contributed by atoms with Crippen molar-refractivity contribution in [2.45, 2.75) is 38.4 Å². The van der Waals surface area contributed by atoms with Crippen LogP contribution in [0.2, 0.25) is 0 Å². The molecule has 9 heteroatoms. The lowest BCUT2D eigenvalue weighted by Gasteiger charge is -2.23. The van der Waals surface area contributed by atoms with Gasteiger partial charge in [-0.15, -0.1) is 0 Å². The van der Waals surface area contributed by atoms with Crippen LogP contribution in [0.3, 0.4) is 0 Å². The molecule has 0 radical (unpaired) electrons. The Morgan fingerprint density at radius 2 is 1.67 bits per heavy atom. The molecule has 1 aromatic rings. The molecule has 1 heterocycles. The van der Waals surface area contributed by atoms with Crippen LogP contribution in [-0.4, -0.2) is 46.8 Å². The van der Waals surface area contributed by atoms with Crippen molar-refractivity contribution in [2.75, 3.05) is 35.7 Å². The quantitative estimate of drug-likeness (QED) is 0.840. The highest BCUT2D eigenvalue weighted by Gasteiger charge is 2.64. The Morgan fingerprint density at radius 1 is 1.10 bits per heavy atom. The molecular formula is C12H19F3N6. The standard InChI is InChI=1S/C12H19F3N6/c1-4-21(5-2)10-18-8(16-3)17-9(19-10)20-11(6-7-11)12(13,14)15/h4-7H2,1-3H3,(H2,16,17,18,19,20). The Morgan fingerprint density at radius 3 is 2.10 bits per heavy atom. The Hall–Kier alpha value is -1.80. The van der Waals surface area contributed by atoms with E-state index in [0.717, 1.165) is 0 Å². The largest absolute Gasteiger partial charge is 0.411 e. The van der Waals surface area contributed by atoms with E-state index in [9.17, 15) is 13.2 Å². The predicted molar refractivity (Wildman–Crippen MR) is 74.6 cm³/mol.